The van der Waals surface area contributed by atoms with Crippen molar-refractivity contribution in [1.82, 2.24) is 10.3 Å². The van der Waals surface area contributed by atoms with Crippen molar-refractivity contribution in [1.29, 1.82) is 0 Å². The van der Waals surface area contributed by atoms with E-state index in [1.165, 1.54) is 0 Å². The lowest BCUT2D eigenvalue weighted by molar-refractivity contribution is -0.136. The molecule has 4 aliphatic rings. The van der Waals surface area contributed by atoms with Crippen LogP contribution in [0.2, 0.25) is 5.02 Å². The number of carbonyl (C=O) groups excluding carboxylic acids is 1. The lowest BCUT2D eigenvalue weighted by Gasteiger charge is -2.58. The highest BCUT2D eigenvalue weighted by molar-refractivity contribution is 6.31. The second-order valence-corrected chi connectivity index (χ2v) is 9.71. The molecule has 4 fully saturated rings. The number of nitrogens with one attached hydrogen (secondary N) is 2. The van der Waals surface area contributed by atoms with Gasteiger partial charge in [-0.15, -0.1) is 0 Å². The van der Waals surface area contributed by atoms with Crippen molar-refractivity contribution in [3.8, 4) is 0 Å². The largest absolute Gasteiger partial charge is 0.390 e. The maximum Gasteiger partial charge on any atom is 0.251 e. The maximum absolute atomic E-state index is 13.1. The quantitative estimate of drug-likeness (QED) is 0.592. The van der Waals surface area contributed by atoms with Crippen LogP contribution in [0.4, 0.5) is 0 Å². The van der Waals surface area contributed by atoms with Gasteiger partial charge in [0.1, 0.15) is 0 Å². The van der Waals surface area contributed by atoms with Gasteiger partial charge in [-0.1, -0.05) is 11.6 Å². The van der Waals surface area contributed by atoms with Crippen molar-refractivity contribution in [2.75, 3.05) is 0 Å². The van der Waals surface area contributed by atoms with Crippen LogP contribution < -0.4 is 5.32 Å². The molecule has 0 saturated heterocycles. The number of aliphatic hydroxyl groups is 1. The first-order valence-corrected chi connectivity index (χ1v) is 10.6. The molecule has 0 radical (unpaired) electrons. The monoisotopic (exact) mass is 394 g/mol. The predicted molar refractivity (Wildman–Crippen MR) is 111 cm³/mol. The van der Waals surface area contributed by atoms with Crippen LogP contribution in [0.25, 0.3) is 21.8 Å². The second kappa shape index (κ2) is 5.74. The molecule has 144 valence electrons. The Morgan fingerprint density at radius 1 is 1.04 bits per heavy atom. The Morgan fingerprint density at radius 3 is 2.43 bits per heavy atom. The summed E-state index contributed by atoms with van der Waals surface area (Å²) in [5, 5.41) is 16.8. The highest BCUT2D eigenvalue weighted by atomic mass is 35.5. The predicted octanol–water partition coefficient (Wildman–Crippen LogP) is 4.64. The minimum atomic E-state index is -0.472. The Hall–Kier alpha value is -2.04. The normalized spacial score (nSPS) is 33.6. The van der Waals surface area contributed by atoms with Gasteiger partial charge in [0.2, 0.25) is 0 Å². The van der Waals surface area contributed by atoms with E-state index in [0.717, 1.165) is 53.9 Å². The molecule has 0 spiro atoms. The van der Waals surface area contributed by atoms with Crippen LogP contribution in [-0.4, -0.2) is 27.6 Å². The molecule has 1 aromatic heterocycles. The second-order valence-electron chi connectivity index (χ2n) is 9.27. The van der Waals surface area contributed by atoms with Crippen molar-refractivity contribution in [3.63, 3.8) is 0 Å². The SMILES string of the molecule is O=C(NC1C2CC3CC1CC(O)(C3)C2)c1ccc2[nH]c3ccc(Cl)cc3c2c1. The van der Waals surface area contributed by atoms with E-state index < -0.39 is 5.60 Å². The van der Waals surface area contributed by atoms with Crippen LogP contribution in [0.15, 0.2) is 36.4 Å². The van der Waals surface area contributed by atoms with E-state index in [1.807, 2.05) is 36.4 Å². The van der Waals surface area contributed by atoms with Gasteiger partial charge in [-0.3, -0.25) is 4.79 Å². The molecule has 4 aliphatic carbocycles. The van der Waals surface area contributed by atoms with Gasteiger partial charge in [0, 0.05) is 38.4 Å². The number of benzene rings is 2. The summed E-state index contributed by atoms with van der Waals surface area (Å²) < 4.78 is 0. The van der Waals surface area contributed by atoms with Crippen LogP contribution in [-0.2, 0) is 0 Å². The molecular formula is C23H23ClN2O2. The molecule has 1 amide bonds. The van der Waals surface area contributed by atoms with Gasteiger partial charge in [-0.2, -0.15) is 0 Å². The fourth-order valence-electron chi connectivity index (χ4n) is 6.46. The molecule has 3 aromatic rings. The molecule has 1 heterocycles. The van der Waals surface area contributed by atoms with Crippen molar-refractivity contribution in [3.05, 3.63) is 47.0 Å². The fourth-order valence-corrected chi connectivity index (χ4v) is 6.63. The third-order valence-corrected chi connectivity index (χ3v) is 7.60. The van der Waals surface area contributed by atoms with Crippen LogP contribution in [0, 0.1) is 17.8 Å². The number of amides is 1. The summed E-state index contributed by atoms with van der Waals surface area (Å²) >= 11 is 6.17. The summed E-state index contributed by atoms with van der Waals surface area (Å²) in [7, 11) is 0. The molecule has 3 N–H and O–H groups in total. The molecule has 4 bridgehead atoms. The zero-order valence-electron chi connectivity index (χ0n) is 15.5. The zero-order chi connectivity index (χ0) is 19.0. The maximum atomic E-state index is 13.1. The van der Waals surface area contributed by atoms with Gasteiger partial charge in [0.25, 0.3) is 5.91 Å². The van der Waals surface area contributed by atoms with Crippen LogP contribution in [0.3, 0.4) is 0 Å². The van der Waals surface area contributed by atoms with Crippen molar-refractivity contribution in [2.45, 2.75) is 43.7 Å². The number of hydrogen-bond donors (Lipinski definition) is 3. The average Bonchev–Trinajstić information content (AvgIpc) is 3.00. The van der Waals surface area contributed by atoms with E-state index in [2.05, 4.69) is 10.3 Å². The van der Waals surface area contributed by atoms with Crippen LogP contribution in [0.5, 0.6) is 0 Å². The van der Waals surface area contributed by atoms with Crippen molar-refractivity contribution in [2.24, 2.45) is 17.8 Å². The number of hydrogen-bond acceptors (Lipinski definition) is 2. The summed E-state index contributed by atoms with van der Waals surface area (Å²) in [6.45, 7) is 0. The molecule has 7 rings (SSSR count). The first-order chi connectivity index (χ1) is 13.5. The fraction of sp³-hybridized carbons (Fsp3) is 0.435. The minimum absolute atomic E-state index is 0.0114. The number of halogens is 1. The first-order valence-electron chi connectivity index (χ1n) is 10.2. The van der Waals surface area contributed by atoms with E-state index in [1.54, 1.807) is 0 Å². The highest BCUT2D eigenvalue weighted by Crippen LogP contribution is 2.55. The van der Waals surface area contributed by atoms with Gasteiger partial charge >= 0.3 is 0 Å². The number of aromatic amines is 1. The van der Waals surface area contributed by atoms with E-state index in [-0.39, 0.29) is 11.9 Å². The third-order valence-electron chi connectivity index (χ3n) is 7.36. The topological polar surface area (TPSA) is 65.1 Å². The Morgan fingerprint density at radius 2 is 1.71 bits per heavy atom. The molecule has 4 saturated carbocycles. The Bertz CT molecular complexity index is 1100. The van der Waals surface area contributed by atoms with Gasteiger partial charge < -0.3 is 15.4 Å². The molecule has 2 unspecified atom stereocenters. The van der Waals surface area contributed by atoms with Gasteiger partial charge in [-0.25, -0.2) is 0 Å². The number of H-pyrrole nitrogens is 1. The average molecular weight is 395 g/mol. The van der Waals surface area contributed by atoms with Crippen molar-refractivity contribution >= 4 is 39.3 Å². The van der Waals surface area contributed by atoms with E-state index in [4.69, 9.17) is 11.6 Å². The molecular weight excluding hydrogens is 372 g/mol. The molecule has 2 atom stereocenters. The van der Waals surface area contributed by atoms with E-state index in [9.17, 15) is 9.90 Å². The van der Waals surface area contributed by atoms with Crippen molar-refractivity contribution < 1.29 is 9.90 Å². The van der Waals surface area contributed by atoms with E-state index >= 15 is 0 Å². The summed E-state index contributed by atoms with van der Waals surface area (Å²) in [6, 6.07) is 11.8. The number of rotatable bonds is 2. The highest BCUT2D eigenvalue weighted by Gasteiger charge is 2.55. The minimum Gasteiger partial charge on any atom is -0.390 e. The third kappa shape index (κ3) is 2.51. The van der Waals surface area contributed by atoms with Gasteiger partial charge in [0.05, 0.1) is 5.60 Å². The zero-order valence-corrected chi connectivity index (χ0v) is 16.3. The Kier molecular flexibility index (Phi) is 3.46. The first kappa shape index (κ1) is 16.9. The lowest BCUT2D eigenvalue weighted by Crippen LogP contribution is -2.61. The summed E-state index contributed by atoms with van der Waals surface area (Å²) in [5.41, 5.74) is 2.23. The molecule has 5 heteroatoms. The number of aromatic nitrogens is 1. The van der Waals surface area contributed by atoms with E-state index in [0.29, 0.717) is 28.3 Å². The summed E-state index contributed by atoms with van der Waals surface area (Å²) in [6.07, 6.45) is 4.92. The molecule has 4 nitrogen and oxygen atoms in total. The summed E-state index contributed by atoms with van der Waals surface area (Å²) in [4.78, 5) is 16.5. The molecule has 0 aliphatic heterocycles. The standard InChI is InChI=1S/C23H23ClN2O2/c24-16-2-4-20-18(8-16)17-7-13(1-3-19(17)25-20)22(27)26-21-14-5-12-6-15(21)11-23(28,9-12)10-14/h1-4,7-8,12,14-15,21,25,28H,5-6,9-11H2,(H,26,27). The Labute approximate surface area is 168 Å². The lowest BCUT2D eigenvalue weighted by atomic mass is 9.52. The van der Waals surface area contributed by atoms with Gasteiger partial charge in [0.15, 0.2) is 0 Å². The molecule has 2 aromatic carbocycles. The number of fused-ring (bicyclic) bond motifs is 3. The van der Waals surface area contributed by atoms with Crippen LogP contribution in [0.1, 0.15) is 42.5 Å². The van der Waals surface area contributed by atoms with Crippen LogP contribution >= 0.6 is 11.6 Å². The number of carbonyl (C=O) groups is 1. The summed E-state index contributed by atoms with van der Waals surface area (Å²) in [5.74, 6) is 1.46. The smallest absolute Gasteiger partial charge is 0.251 e. The molecule has 28 heavy (non-hydrogen) atoms. The van der Waals surface area contributed by atoms with Gasteiger partial charge in [-0.05, 0) is 86.3 Å². The Balaban J connectivity index is 1.31.